The molecule has 0 amide bonds. The molecule has 0 radical (unpaired) electrons. The number of hydrogen-bond acceptors (Lipinski definition) is 4. The molecule has 88 valence electrons. The highest BCUT2D eigenvalue weighted by Gasteiger charge is 2.17. The van der Waals surface area contributed by atoms with Crippen LogP contribution in [0.2, 0.25) is 0 Å². The predicted octanol–water partition coefficient (Wildman–Crippen LogP) is 2.07. The van der Waals surface area contributed by atoms with Crippen molar-refractivity contribution in [3.8, 4) is 0 Å². The van der Waals surface area contributed by atoms with Crippen LogP contribution in [-0.4, -0.2) is 29.1 Å². The van der Waals surface area contributed by atoms with Crippen molar-refractivity contribution in [1.29, 1.82) is 0 Å². The molecule has 0 atom stereocenters. The zero-order valence-corrected chi connectivity index (χ0v) is 10.2. The minimum atomic E-state index is -0.781. The van der Waals surface area contributed by atoms with E-state index in [-0.39, 0.29) is 6.42 Å². The summed E-state index contributed by atoms with van der Waals surface area (Å²) in [6.07, 6.45) is 3.82. The van der Waals surface area contributed by atoms with Crippen molar-refractivity contribution < 1.29 is 9.90 Å². The van der Waals surface area contributed by atoms with E-state index in [1.807, 2.05) is 6.92 Å². The van der Waals surface area contributed by atoms with Crippen LogP contribution in [0.25, 0.3) is 0 Å². The maximum atomic E-state index is 10.7. The molecule has 16 heavy (non-hydrogen) atoms. The molecule has 0 spiro atoms. The predicted molar refractivity (Wildman–Crippen MR) is 64.3 cm³/mol. The van der Waals surface area contributed by atoms with Crippen LogP contribution < -0.4 is 4.90 Å². The summed E-state index contributed by atoms with van der Waals surface area (Å²) in [5.74, 6) is -0.781. The Morgan fingerprint density at radius 1 is 1.44 bits per heavy atom. The zero-order chi connectivity index (χ0) is 11.5. The van der Waals surface area contributed by atoms with Gasteiger partial charge in [-0.25, -0.2) is 4.98 Å². The summed E-state index contributed by atoms with van der Waals surface area (Å²) in [7, 11) is 0. The number of carboxylic acids is 1. The van der Waals surface area contributed by atoms with Gasteiger partial charge in [0.25, 0.3) is 0 Å². The molecular formula is C11H16N2O2S. The molecule has 2 heterocycles. The highest BCUT2D eigenvalue weighted by molar-refractivity contribution is 7.15. The SMILES string of the molecule is Cc1nc(N2CCCCC2)sc1CC(=O)O. The number of hydrogen-bond donors (Lipinski definition) is 1. The third-order valence-corrected chi connectivity index (χ3v) is 4.04. The molecule has 2 rings (SSSR count). The van der Waals surface area contributed by atoms with Gasteiger partial charge in [-0.3, -0.25) is 4.79 Å². The minimum absolute atomic E-state index is 0.0946. The van der Waals surface area contributed by atoms with Gasteiger partial charge in [-0.2, -0.15) is 0 Å². The Morgan fingerprint density at radius 2 is 2.12 bits per heavy atom. The normalized spacial score (nSPS) is 16.4. The zero-order valence-electron chi connectivity index (χ0n) is 9.40. The summed E-state index contributed by atoms with van der Waals surface area (Å²) in [6, 6.07) is 0. The molecule has 1 aliphatic rings. The Labute approximate surface area is 98.9 Å². The van der Waals surface area contributed by atoms with Crippen molar-refractivity contribution in [3.63, 3.8) is 0 Å². The van der Waals surface area contributed by atoms with E-state index in [2.05, 4.69) is 9.88 Å². The molecule has 5 heteroatoms. The summed E-state index contributed by atoms with van der Waals surface area (Å²) in [5.41, 5.74) is 0.868. The molecule has 1 aromatic heterocycles. The third-order valence-electron chi connectivity index (χ3n) is 2.82. The fourth-order valence-corrected chi connectivity index (χ4v) is 3.04. The molecular weight excluding hydrogens is 224 g/mol. The minimum Gasteiger partial charge on any atom is -0.481 e. The highest BCUT2D eigenvalue weighted by Crippen LogP contribution is 2.28. The van der Waals surface area contributed by atoms with Crippen molar-refractivity contribution in [2.45, 2.75) is 32.6 Å². The van der Waals surface area contributed by atoms with Gasteiger partial charge >= 0.3 is 5.97 Å². The monoisotopic (exact) mass is 240 g/mol. The van der Waals surface area contributed by atoms with Gasteiger partial charge in [0.15, 0.2) is 5.13 Å². The number of aromatic nitrogens is 1. The fourth-order valence-electron chi connectivity index (χ4n) is 1.93. The molecule has 1 saturated heterocycles. The molecule has 0 aromatic carbocycles. The van der Waals surface area contributed by atoms with Crippen LogP contribution in [-0.2, 0) is 11.2 Å². The van der Waals surface area contributed by atoms with Crippen molar-refractivity contribution in [2.75, 3.05) is 18.0 Å². The van der Waals surface area contributed by atoms with Crippen molar-refractivity contribution >= 4 is 22.4 Å². The summed E-state index contributed by atoms with van der Waals surface area (Å²) < 4.78 is 0. The molecule has 1 aromatic rings. The Morgan fingerprint density at radius 3 is 2.75 bits per heavy atom. The number of thiazole rings is 1. The average Bonchev–Trinajstić information content (AvgIpc) is 2.61. The first kappa shape index (κ1) is 11.4. The summed E-state index contributed by atoms with van der Waals surface area (Å²) >= 11 is 1.53. The van der Waals surface area contributed by atoms with E-state index >= 15 is 0 Å². The van der Waals surface area contributed by atoms with E-state index in [0.717, 1.165) is 28.8 Å². The van der Waals surface area contributed by atoms with E-state index in [9.17, 15) is 4.79 Å². The standard InChI is InChI=1S/C11H16N2O2S/c1-8-9(7-10(14)15)16-11(12-8)13-5-3-2-4-6-13/h2-7H2,1H3,(H,14,15). The van der Waals surface area contributed by atoms with Crippen molar-refractivity contribution in [1.82, 2.24) is 4.98 Å². The first-order valence-electron chi connectivity index (χ1n) is 5.60. The van der Waals surface area contributed by atoms with Gasteiger partial charge in [0.1, 0.15) is 0 Å². The molecule has 1 fully saturated rings. The number of nitrogens with zero attached hydrogens (tertiary/aromatic N) is 2. The van der Waals surface area contributed by atoms with E-state index in [0.29, 0.717) is 0 Å². The largest absolute Gasteiger partial charge is 0.481 e. The van der Waals surface area contributed by atoms with E-state index in [4.69, 9.17) is 5.11 Å². The van der Waals surface area contributed by atoms with Crippen LogP contribution in [0.4, 0.5) is 5.13 Å². The topological polar surface area (TPSA) is 53.4 Å². The fraction of sp³-hybridized carbons (Fsp3) is 0.636. The smallest absolute Gasteiger partial charge is 0.308 e. The Bertz CT molecular complexity index is 383. The second-order valence-electron chi connectivity index (χ2n) is 4.12. The number of rotatable bonds is 3. The van der Waals surface area contributed by atoms with Gasteiger partial charge in [-0.1, -0.05) is 0 Å². The molecule has 0 aliphatic carbocycles. The summed E-state index contributed by atoms with van der Waals surface area (Å²) in [4.78, 5) is 18.3. The number of carbonyl (C=O) groups is 1. The first-order chi connectivity index (χ1) is 7.66. The van der Waals surface area contributed by atoms with Gasteiger partial charge in [-0.05, 0) is 26.2 Å². The Kier molecular flexibility index (Phi) is 3.43. The van der Waals surface area contributed by atoms with Crippen LogP contribution in [0.1, 0.15) is 29.8 Å². The summed E-state index contributed by atoms with van der Waals surface area (Å²) in [5, 5.41) is 9.77. The average molecular weight is 240 g/mol. The van der Waals surface area contributed by atoms with Crippen LogP contribution in [0.15, 0.2) is 0 Å². The molecule has 1 N–H and O–H groups in total. The van der Waals surface area contributed by atoms with E-state index < -0.39 is 5.97 Å². The number of aryl methyl sites for hydroxylation is 1. The van der Waals surface area contributed by atoms with Crippen LogP contribution in [0.5, 0.6) is 0 Å². The van der Waals surface area contributed by atoms with E-state index in [1.165, 1.54) is 30.6 Å². The first-order valence-corrected chi connectivity index (χ1v) is 6.41. The number of carboxylic acid groups (broad SMARTS) is 1. The number of piperidine rings is 1. The lowest BCUT2D eigenvalue weighted by molar-refractivity contribution is -0.136. The molecule has 0 bridgehead atoms. The lowest BCUT2D eigenvalue weighted by Crippen LogP contribution is -2.29. The van der Waals surface area contributed by atoms with Crippen LogP contribution in [0, 0.1) is 6.92 Å². The summed E-state index contributed by atoms with van der Waals surface area (Å²) in [6.45, 7) is 4.00. The van der Waals surface area contributed by atoms with Gasteiger partial charge < -0.3 is 10.0 Å². The maximum Gasteiger partial charge on any atom is 0.308 e. The van der Waals surface area contributed by atoms with Crippen LogP contribution in [0.3, 0.4) is 0 Å². The molecule has 0 saturated carbocycles. The maximum absolute atomic E-state index is 10.7. The van der Waals surface area contributed by atoms with Gasteiger partial charge in [0, 0.05) is 18.0 Å². The van der Waals surface area contributed by atoms with Crippen LogP contribution >= 0.6 is 11.3 Å². The molecule has 1 aliphatic heterocycles. The Hall–Kier alpha value is -1.10. The molecule has 4 nitrogen and oxygen atoms in total. The lowest BCUT2D eigenvalue weighted by atomic mass is 10.1. The third kappa shape index (κ3) is 2.52. The van der Waals surface area contributed by atoms with Crippen molar-refractivity contribution in [2.24, 2.45) is 0 Å². The highest BCUT2D eigenvalue weighted by atomic mass is 32.1. The van der Waals surface area contributed by atoms with Gasteiger partial charge in [-0.15, -0.1) is 11.3 Å². The number of aliphatic carboxylic acids is 1. The lowest BCUT2D eigenvalue weighted by Gasteiger charge is -2.25. The van der Waals surface area contributed by atoms with E-state index in [1.54, 1.807) is 0 Å². The number of anilines is 1. The Balaban J connectivity index is 2.12. The van der Waals surface area contributed by atoms with Crippen molar-refractivity contribution in [3.05, 3.63) is 10.6 Å². The van der Waals surface area contributed by atoms with Gasteiger partial charge in [0.2, 0.25) is 0 Å². The molecule has 0 unspecified atom stereocenters. The second-order valence-corrected chi connectivity index (χ2v) is 5.19. The van der Waals surface area contributed by atoms with Gasteiger partial charge in [0.05, 0.1) is 12.1 Å². The second kappa shape index (κ2) is 4.82. The quantitative estimate of drug-likeness (QED) is 0.878.